The Bertz CT molecular complexity index is 1490. The van der Waals surface area contributed by atoms with Gasteiger partial charge in [-0.2, -0.15) is 4.98 Å². The average Bonchev–Trinajstić information content (AvgIpc) is 3.29. The number of fused-ring (bicyclic) bond motifs is 1. The molecule has 0 saturated carbocycles. The Kier molecular flexibility index (Phi) is 5.62. The van der Waals surface area contributed by atoms with Crippen molar-refractivity contribution in [1.29, 1.82) is 0 Å². The number of phenols is 1. The summed E-state index contributed by atoms with van der Waals surface area (Å²) in [6.45, 7) is 0.144. The number of pyridine rings is 1. The second-order valence-corrected chi connectivity index (χ2v) is 8.05. The predicted octanol–water partition coefficient (Wildman–Crippen LogP) is 4.99. The first-order valence-electron chi connectivity index (χ1n) is 10.00. The lowest BCUT2D eigenvalue weighted by atomic mass is 10.0. The minimum absolute atomic E-state index is 0.0836. The van der Waals surface area contributed by atoms with E-state index in [-0.39, 0.29) is 29.3 Å². The Morgan fingerprint density at radius 3 is 2.67 bits per heavy atom. The van der Waals surface area contributed by atoms with Crippen LogP contribution in [0.25, 0.3) is 33.5 Å². The quantitative estimate of drug-likeness (QED) is 0.343. The van der Waals surface area contributed by atoms with Crippen LogP contribution in [0, 0.1) is 0 Å². The number of rotatable bonds is 6. The lowest BCUT2D eigenvalue weighted by molar-refractivity contribution is 0.238. The smallest absolute Gasteiger partial charge is 0.297 e. The van der Waals surface area contributed by atoms with Gasteiger partial charge in [-0.1, -0.05) is 29.4 Å². The largest absolute Gasteiger partial charge is 0.508 e. The van der Waals surface area contributed by atoms with Crippen molar-refractivity contribution in [2.45, 2.75) is 6.42 Å². The van der Waals surface area contributed by atoms with E-state index in [1.54, 1.807) is 48.8 Å². The van der Waals surface area contributed by atoms with E-state index in [0.717, 1.165) is 10.0 Å². The van der Waals surface area contributed by atoms with Crippen molar-refractivity contribution in [3.63, 3.8) is 0 Å². The van der Waals surface area contributed by atoms with E-state index in [1.165, 1.54) is 12.1 Å². The van der Waals surface area contributed by atoms with E-state index >= 15 is 0 Å². The Morgan fingerprint density at radius 1 is 1.03 bits per heavy atom. The van der Waals surface area contributed by atoms with Crippen molar-refractivity contribution in [3.05, 3.63) is 87.6 Å². The molecule has 0 radical (unpaired) electrons. The number of halogens is 1. The molecule has 8 nitrogen and oxygen atoms in total. The molecule has 0 aliphatic heterocycles. The van der Waals surface area contributed by atoms with Gasteiger partial charge < -0.3 is 18.8 Å². The number of aromatic hydroxyl groups is 1. The lowest BCUT2D eigenvalue weighted by Gasteiger charge is -2.11. The van der Waals surface area contributed by atoms with Gasteiger partial charge in [0.1, 0.15) is 23.5 Å². The molecule has 33 heavy (non-hydrogen) atoms. The van der Waals surface area contributed by atoms with E-state index in [0.29, 0.717) is 34.7 Å². The normalized spacial score (nSPS) is 11.1. The minimum Gasteiger partial charge on any atom is -0.508 e. The average molecular weight is 506 g/mol. The standard InChI is InChI=1S/C24H16BrN3O5/c25-16-11-15(12-26-13-16)23-27-20(33-28-23)9-10-31-24-21(14-5-7-17(29)8-6-14)22(30)18-3-1-2-4-19(18)32-24/h1-8,11-13,29H,9-10H2. The number of para-hydroxylation sites is 1. The van der Waals surface area contributed by atoms with Crippen LogP contribution >= 0.6 is 15.9 Å². The van der Waals surface area contributed by atoms with E-state index in [9.17, 15) is 9.90 Å². The van der Waals surface area contributed by atoms with Gasteiger partial charge in [0.05, 0.1) is 11.8 Å². The number of hydrogen-bond acceptors (Lipinski definition) is 8. The zero-order chi connectivity index (χ0) is 22.8. The topological polar surface area (TPSA) is 111 Å². The first kappa shape index (κ1) is 20.9. The van der Waals surface area contributed by atoms with Gasteiger partial charge in [0, 0.05) is 22.4 Å². The third-order valence-corrected chi connectivity index (χ3v) is 5.34. The number of aromatic nitrogens is 3. The van der Waals surface area contributed by atoms with Gasteiger partial charge in [-0.05, 0) is 51.8 Å². The third kappa shape index (κ3) is 4.35. The third-order valence-electron chi connectivity index (χ3n) is 4.90. The molecule has 0 fully saturated rings. The lowest BCUT2D eigenvalue weighted by Crippen LogP contribution is -2.10. The van der Waals surface area contributed by atoms with Crippen LogP contribution in [-0.2, 0) is 6.42 Å². The Hall–Kier alpha value is -3.98. The SMILES string of the molecule is O=c1c(-c2ccc(O)cc2)c(OCCc2nc(-c3cncc(Br)c3)no2)oc2ccccc12. The van der Waals surface area contributed by atoms with E-state index in [1.807, 2.05) is 6.07 Å². The summed E-state index contributed by atoms with van der Waals surface area (Å²) in [7, 11) is 0. The first-order valence-corrected chi connectivity index (χ1v) is 10.8. The molecule has 0 aliphatic rings. The minimum atomic E-state index is -0.222. The molecule has 0 amide bonds. The Balaban J connectivity index is 1.41. The zero-order valence-electron chi connectivity index (χ0n) is 17.1. The molecule has 1 N–H and O–H groups in total. The molecular formula is C24H16BrN3O5. The Morgan fingerprint density at radius 2 is 1.85 bits per heavy atom. The molecule has 5 aromatic rings. The molecule has 3 aromatic heterocycles. The van der Waals surface area contributed by atoms with Crippen molar-refractivity contribution in [1.82, 2.24) is 15.1 Å². The first-order chi connectivity index (χ1) is 16.1. The van der Waals surface area contributed by atoms with Crippen molar-refractivity contribution in [2.24, 2.45) is 0 Å². The molecule has 0 bridgehead atoms. The summed E-state index contributed by atoms with van der Waals surface area (Å²) in [6, 6.07) is 15.1. The molecule has 164 valence electrons. The second kappa shape index (κ2) is 8.87. The van der Waals surface area contributed by atoms with Crippen LogP contribution in [0.5, 0.6) is 11.7 Å². The molecule has 0 unspecified atom stereocenters. The molecule has 0 saturated heterocycles. The van der Waals surface area contributed by atoms with E-state index in [2.05, 4.69) is 31.1 Å². The fourth-order valence-electron chi connectivity index (χ4n) is 3.34. The molecular weight excluding hydrogens is 490 g/mol. The van der Waals surface area contributed by atoms with Gasteiger partial charge in [0.15, 0.2) is 0 Å². The number of ether oxygens (including phenoxy) is 1. The fourth-order valence-corrected chi connectivity index (χ4v) is 3.70. The molecule has 3 heterocycles. The highest BCUT2D eigenvalue weighted by molar-refractivity contribution is 9.10. The number of nitrogens with zero attached hydrogens (tertiary/aromatic N) is 3. The summed E-state index contributed by atoms with van der Waals surface area (Å²) in [5.41, 5.74) is 1.77. The monoisotopic (exact) mass is 505 g/mol. The van der Waals surface area contributed by atoms with Gasteiger partial charge in [-0.15, -0.1) is 0 Å². The molecule has 0 spiro atoms. The second-order valence-electron chi connectivity index (χ2n) is 7.14. The summed E-state index contributed by atoms with van der Waals surface area (Å²) < 4.78 is 17.9. The maximum atomic E-state index is 13.2. The van der Waals surface area contributed by atoms with Gasteiger partial charge in [-0.25, -0.2) is 0 Å². The van der Waals surface area contributed by atoms with Crippen LogP contribution in [0.1, 0.15) is 5.89 Å². The van der Waals surface area contributed by atoms with Gasteiger partial charge >= 0.3 is 0 Å². The van der Waals surface area contributed by atoms with Crippen LogP contribution < -0.4 is 10.2 Å². The van der Waals surface area contributed by atoms with Crippen LogP contribution in [0.3, 0.4) is 0 Å². The maximum Gasteiger partial charge on any atom is 0.297 e. The van der Waals surface area contributed by atoms with Gasteiger partial charge in [-0.3, -0.25) is 9.78 Å². The van der Waals surface area contributed by atoms with Gasteiger partial charge in [0.2, 0.25) is 17.1 Å². The van der Waals surface area contributed by atoms with Crippen LogP contribution in [0.4, 0.5) is 0 Å². The van der Waals surface area contributed by atoms with Crippen LogP contribution in [-0.4, -0.2) is 26.8 Å². The Labute approximate surface area is 195 Å². The number of phenolic OH excluding ortho intramolecular Hbond substituents is 1. The van der Waals surface area contributed by atoms with Crippen molar-refractivity contribution >= 4 is 26.9 Å². The summed E-state index contributed by atoms with van der Waals surface area (Å²) in [5.74, 6) is 0.972. The summed E-state index contributed by atoms with van der Waals surface area (Å²) in [5, 5.41) is 14.0. The summed E-state index contributed by atoms with van der Waals surface area (Å²) in [6.07, 6.45) is 3.62. The maximum absolute atomic E-state index is 13.2. The highest BCUT2D eigenvalue weighted by atomic mass is 79.9. The fraction of sp³-hybridized carbons (Fsp3) is 0.0833. The van der Waals surface area contributed by atoms with Crippen molar-refractivity contribution < 1.29 is 18.8 Å². The highest BCUT2D eigenvalue weighted by Gasteiger charge is 2.18. The van der Waals surface area contributed by atoms with Crippen LogP contribution in [0.15, 0.2) is 85.2 Å². The molecule has 2 aromatic carbocycles. The van der Waals surface area contributed by atoms with E-state index in [4.69, 9.17) is 13.7 Å². The number of benzene rings is 2. The van der Waals surface area contributed by atoms with E-state index < -0.39 is 0 Å². The molecule has 0 atom stereocenters. The highest BCUT2D eigenvalue weighted by Crippen LogP contribution is 2.31. The molecule has 5 rings (SSSR count). The molecule has 0 aliphatic carbocycles. The zero-order valence-corrected chi connectivity index (χ0v) is 18.7. The number of hydrogen-bond donors (Lipinski definition) is 1. The van der Waals surface area contributed by atoms with Crippen molar-refractivity contribution in [3.8, 4) is 34.2 Å². The molecule has 9 heteroatoms. The summed E-state index contributed by atoms with van der Waals surface area (Å²) in [4.78, 5) is 21.7. The predicted molar refractivity (Wildman–Crippen MR) is 124 cm³/mol. The van der Waals surface area contributed by atoms with Crippen molar-refractivity contribution in [2.75, 3.05) is 6.61 Å². The summed E-state index contributed by atoms with van der Waals surface area (Å²) >= 11 is 3.37. The van der Waals surface area contributed by atoms with Crippen LogP contribution in [0.2, 0.25) is 0 Å². The van der Waals surface area contributed by atoms with Gasteiger partial charge in [0.25, 0.3) is 5.95 Å².